The van der Waals surface area contributed by atoms with Crippen LogP contribution in [0.5, 0.6) is 0 Å². The summed E-state index contributed by atoms with van der Waals surface area (Å²) in [6.07, 6.45) is 2.49. The zero-order valence-corrected chi connectivity index (χ0v) is 10.6. The number of benzene rings is 1. The Hall–Kier alpha value is -2.61. The first-order valence-corrected chi connectivity index (χ1v) is 5.96. The smallest absolute Gasteiger partial charge is 0.225 e. The molecule has 2 rings (SSSR count). The molecule has 1 heterocycles. The number of rotatable bonds is 4. The molecule has 1 amide bonds. The number of nitriles is 1. The Morgan fingerprint density at radius 3 is 2.84 bits per heavy atom. The fourth-order valence-electron chi connectivity index (χ4n) is 1.76. The predicted molar refractivity (Wildman–Crippen MR) is 71.3 cm³/mol. The summed E-state index contributed by atoms with van der Waals surface area (Å²) in [4.78, 5) is 11.8. The third-order valence-corrected chi connectivity index (χ3v) is 2.80. The van der Waals surface area contributed by atoms with Crippen LogP contribution in [0.15, 0.2) is 36.5 Å². The van der Waals surface area contributed by atoms with Crippen LogP contribution in [-0.4, -0.2) is 15.7 Å². The van der Waals surface area contributed by atoms with E-state index < -0.39 is 0 Å². The second-order valence-corrected chi connectivity index (χ2v) is 4.18. The highest BCUT2D eigenvalue weighted by molar-refractivity contribution is 5.91. The van der Waals surface area contributed by atoms with Crippen LogP contribution in [0.4, 0.5) is 5.82 Å². The van der Waals surface area contributed by atoms with E-state index in [1.54, 1.807) is 7.05 Å². The minimum atomic E-state index is -0.121. The van der Waals surface area contributed by atoms with Gasteiger partial charge in [0.1, 0.15) is 17.5 Å². The summed E-state index contributed by atoms with van der Waals surface area (Å²) in [5.41, 5.74) is 1.48. The Morgan fingerprint density at radius 1 is 1.42 bits per heavy atom. The second kappa shape index (κ2) is 5.83. The van der Waals surface area contributed by atoms with Crippen molar-refractivity contribution < 1.29 is 4.79 Å². The Kier molecular flexibility index (Phi) is 3.94. The van der Waals surface area contributed by atoms with Crippen LogP contribution >= 0.6 is 0 Å². The highest BCUT2D eigenvalue weighted by atomic mass is 16.1. The van der Waals surface area contributed by atoms with E-state index in [1.807, 2.05) is 36.4 Å². The molecule has 5 heteroatoms. The maximum absolute atomic E-state index is 11.8. The van der Waals surface area contributed by atoms with Crippen LogP contribution in [0.25, 0.3) is 0 Å². The van der Waals surface area contributed by atoms with Gasteiger partial charge in [-0.25, -0.2) is 0 Å². The van der Waals surface area contributed by atoms with Crippen LogP contribution in [0.1, 0.15) is 17.5 Å². The molecule has 0 bridgehead atoms. The lowest BCUT2D eigenvalue weighted by molar-refractivity contribution is -0.116. The van der Waals surface area contributed by atoms with Gasteiger partial charge >= 0.3 is 0 Å². The SMILES string of the molecule is Cn1ncc(C#N)c1NC(=O)CCc1ccccc1. The van der Waals surface area contributed by atoms with E-state index in [2.05, 4.69) is 10.4 Å². The molecule has 1 aromatic heterocycles. The Bertz CT molecular complexity index is 610. The van der Waals surface area contributed by atoms with Crippen molar-refractivity contribution in [3.05, 3.63) is 47.7 Å². The predicted octanol–water partition coefficient (Wildman–Crippen LogP) is 1.86. The van der Waals surface area contributed by atoms with Crippen molar-refractivity contribution in [2.45, 2.75) is 12.8 Å². The molecule has 0 aliphatic carbocycles. The Balaban J connectivity index is 1.95. The molecule has 0 spiro atoms. The molecule has 0 atom stereocenters. The van der Waals surface area contributed by atoms with Crippen molar-refractivity contribution in [3.63, 3.8) is 0 Å². The van der Waals surface area contributed by atoms with Gasteiger partial charge in [0.05, 0.1) is 6.20 Å². The number of aryl methyl sites for hydroxylation is 2. The van der Waals surface area contributed by atoms with Gasteiger partial charge in [-0.05, 0) is 12.0 Å². The van der Waals surface area contributed by atoms with Gasteiger partial charge in [-0.15, -0.1) is 0 Å². The lowest BCUT2D eigenvalue weighted by atomic mass is 10.1. The molecular weight excluding hydrogens is 240 g/mol. The molecule has 96 valence electrons. The first-order valence-electron chi connectivity index (χ1n) is 5.96. The van der Waals surface area contributed by atoms with Crippen molar-refractivity contribution in [2.75, 3.05) is 5.32 Å². The number of amides is 1. The molecule has 5 nitrogen and oxygen atoms in total. The molecule has 0 saturated carbocycles. The van der Waals surface area contributed by atoms with Gasteiger partial charge in [0.2, 0.25) is 5.91 Å². The highest BCUT2D eigenvalue weighted by Crippen LogP contribution is 2.13. The molecule has 0 aliphatic rings. The number of carbonyl (C=O) groups excluding carboxylic acids is 1. The number of aromatic nitrogens is 2. The normalized spacial score (nSPS) is 9.89. The van der Waals surface area contributed by atoms with Crippen molar-refractivity contribution in [3.8, 4) is 6.07 Å². The lowest BCUT2D eigenvalue weighted by Crippen LogP contribution is -2.15. The molecule has 19 heavy (non-hydrogen) atoms. The topological polar surface area (TPSA) is 70.7 Å². The number of anilines is 1. The van der Waals surface area contributed by atoms with Gasteiger partial charge in [-0.2, -0.15) is 10.4 Å². The molecule has 0 unspecified atom stereocenters. The summed E-state index contributed by atoms with van der Waals surface area (Å²) in [6, 6.07) is 11.8. The standard InChI is InChI=1S/C14H14N4O/c1-18-14(12(9-15)10-16-18)17-13(19)8-7-11-5-3-2-4-6-11/h2-6,10H,7-8H2,1H3,(H,17,19). The molecule has 0 aliphatic heterocycles. The monoisotopic (exact) mass is 254 g/mol. The fraction of sp³-hybridized carbons (Fsp3) is 0.214. The summed E-state index contributed by atoms with van der Waals surface area (Å²) in [5.74, 6) is 0.324. The quantitative estimate of drug-likeness (QED) is 0.905. The molecular formula is C14H14N4O. The first-order chi connectivity index (χ1) is 9.20. The van der Waals surface area contributed by atoms with Crippen LogP contribution in [0.3, 0.4) is 0 Å². The van der Waals surface area contributed by atoms with Gasteiger partial charge in [-0.1, -0.05) is 30.3 Å². The van der Waals surface area contributed by atoms with Crippen LogP contribution < -0.4 is 5.32 Å². The van der Waals surface area contributed by atoms with E-state index >= 15 is 0 Å². The van der Waals surface area contributed by atoms with Crippen LogP contribution in [0, 0.1) is 11.3 Å². The van der Waals surface area contributed by atoms with E-state index in [1.165, 1.54) is 10.9 Å². The fourth-order valence-corrected chi connectivity index (χ4v) is 1.76. The van der Waals surface area contributed by atoms with Crippen molar-refractivity contribution in [1.29, 1.82) is 5.26 Å². The van der Waals surface area contributed by atoms with Crippen molar-refractivity contribution in [2.24, 2.45) is 7.05 Å². The van der Waals surface area contributed by atoms with Crippen LogP contribution in [-0.2, 0) is 18.3 Å². The molecule has 0 radical (unpaired) electrons. The van der Waals surface area contributed by atoms with E-state index in [0.717, 1.165) is 5.56 Å². The number of carbonyl (C=O) groups is 1. The Morgan fingerprint density at radius 2 is 2.16 bits per heavy atom. The third kappa shape index (κ3) is 3.19. The average Bonchev–Trinajstić information content (AvgIpc) is 2.78. The molecule has 0 fully saturated rings. The van der Waals surface area contributed by atoms with Gasteiger partial charge in [-0.3, -0.25) is 9.48 Å². The highest BCUT2D eigenvalue weighted by Gasteiger charge is 2.11. The van der Waals surface area contributed by atoms with Crippen LogP contribution in [0.2, 0.25) is 0 Å². The second-order valence-electron chi connectivity index (χ2n) is 4.18. The van der Waals surface area contributed by atoms with E-state index in [-0.39, 0.29) is 5.91 Å². The minimum absolute atomic E-state index is 0.121. The Labute approximate surface area is 111 Å². The lowest BCUT2D eigenvalue weighted by Gasteiger charge is -2.06. The zero-order chi connectivity index (χ0) is 13.7. The van der Waals surface area contributed by atoms with E-state index in [0.29, 0.717) is 24.2 Å². The van der Waals surface area contributed by atoms with E-state index in [4.69, 9.17) is 5.26 Å². The summed E-state index contributed by atoms with van der Waals surface area (Å²) < 4.78 is 1.49. The van der Waals surface area contributed by atoms with Gasteiger partial charge in [0.25, 0.3) is 0 Å². The van der Waals surface area contributed by atoms with E-state index in [9.17, 15) is 4.79 Å². The molecule has 0 saturated heterocycles. The maximum atomic E-state index is 11.8. The summed E-state index contributed by atoms with van der Waals surface area (Å²) in [6.45, 7) is 0. The third-order valence-electron chi connectivity index (χ3n) is 2.80. The van der Waals surface area contributed by atoms with Gasteiger partial charge < -0.3 is 5.32 Å². The zero-order valence-electron chi connectivity index (χ0n) is 10.6. The molecule has 1 N–H and O–H groups in total. The van der Waals surface area contributed by atoms with Crippen molar-refractivity contribution >= 4 is 11.7 Å². The van der Waals surface area contributed by atoms with Crippen molar-refractivity contribution in [1.82, 2.24) is 9.78 Å². The maximum Gasteiger partial charge on any atom is 0.225 e. The minimum Gasteiger partial charge on any atom is -0.310 e. The largest absolute Gasteiger partial charge is 0.310 e. The summed E-state index contributed by atoms with van der Waals surface area (Å²) in [5, 5.41) is 15.6. The average molecular weight is 254 g/mol. The summed E-state index contributed by atoms with van der Waals surface area (Å²) in [7, 11) is 1.69. The first kappa shape index (κ1) is 12.8. The summed E-state index contributed by atoms with van der Waals surface area (Å²) >= 11 is 0. The van der Waals surface area contributed by atoms with Gasteiger partial charge in [0, 0.05) is 13.5 Å². The number of hydrogen-bond donors (Lipinski definition) is 1. The molecule has 1 aromatic carbocycles. The number of nitrogens with one attached hydrogen (secondary N) is 1. The van der Waals surface area contributed by atoms with Gasteiger partial charge in [0.15, 0.2) is 0 Å². The number of hydrogen-bond acceptors (Lipinski definition) is 3. The number of nitrogens with zero attached hydrogens (tertiary/aromatic N) is 3. The molecule has 2 aromatic rings.